The van der Waals surface area contributed by atoms with Gasteiger partial charge < -0.3 is 16.0 Å². The van der Waals surface area contributed by atoms with Gasteiger partial charge in [0, 0.05) is 26.2 Å². The second-order valence-corrected chi connectivity index (χ2v) is 6.20. The lowest BCUT2D eigenvalue weighted by molar-refractivity contribution is -0.132. The number of alkyl halides is 3. The number of thiophene rings is 1. The summed E-state index contributed by atoms with van der Waals surface area (Å²) in [6.07, 6.45) is -3.15. The monoisotopic (exact) mass is 321 g/mol. The van der Waals surface area contributed by atoms with Crippen LogP contribution in [0.25, 0.3) is 0 Å². The molecule has 0 unspecified atom stereocenters. The molecule has 1 saturated carbocycles. The van der Waals surface area contributed by atoms with Crippen molar-refractivity contribution in [1.29, 1.82) is 0 Å². The molecule has 8 heteroatoms. The number of hydrogen-bond acceptors (Lipinski definition) is 4. The largest absolute Gasteiger partial charge is 0.397 e. The van der Waals surface area contributed by atoms with E-state index in [1.807, 2.05) is 0 Å². The van der Waals surface area contributed by atoms with Crippen molar-refractivity contribution in [3.8, 4) is 0 Å². The van der Waals surface area contributed by atoms with Crippen LogP contribution in [0.1, 0.15) is 40.4 Å². The highest BCUT2D eigenvalue weighted by Gasteiger charge is 2.35. The minimum Gasteiger partial charge on any atom is -0.397 e. The van der Waals surface area contributed by atoms with E-state index in [-0.39, 0.29) is 18.4 Å². The summed E-state index contributed by atoms with van der Waals surface area (Å²) < 4.78 is 37.1. The Kier molecular flexibility index (Phi) is 4.36. The maximum atomic E-state index is 12.4. The van der Waals surface area contributed by atoms with Gasteiger partial charge in [0.15, 0.2) is 0 Å². The third kappa shape index (κ3) is 3.61. The highest BCUT2D eigenvalue weighted by molar-refractivity contribution is 7.18. The smallest absolute Gasteiger partial charge is 0.390 e. The number of hydrogen-bond donors (Lipinski definition) is 2. The van der Waals surface area contributed by atoms with Crippen molar-refractivity contribution in [2.45, 2.75) is 31.4 Å². The Morgan fingerprint density at radius 1 is 1.48 bits per heavy atom. The predicted molar refractivity (Wildman–Crippen MR) is 78.0 cm³/mol. The van der Waals surface area contributed by atoms with Gasteiger partial charge in [-0.15, -0.1) is 11.3 Å². The lowest BCUT2D eigenvalue weighted by Crippen LogP contribution is -2.24. The van der Waals surface area contributed by atoms with E-state index >= 15 is 0 Å². The van der Waals surface area contributed by atoms with E-state index in [1.54, 1.807) is 11.9 Å². The quantitative estimate of drug-likeness (QED) is 0.876. The van der Waals surface area contributed by atoms with Gasteiger partial charge in [-0.2, -0.15) is 13.2 Å². The number of carbonyl (C=O) groups is 1. The molecule has 1 heterocycles. The summed E-state index contributed by atoms with van der Waals surface area (Å²) in [7, 11) is 3.11. The van der Waals surface area contributed by atoms with E-state index in [1.165, 1.54) is 18.4 Å². The highest BCUT2D eigenvalue weighted by Crippen LogP contribution is 2.51. The molecule has 1 aliphatic rings. The van der Waals surface area contributed by atoms with Crippen LogP contribution in [0.4, 0.5) is 23.9 Å². The van der Waals surface area contributed by atoms with Crippen LogP contribution >= 0.6 is 11.3 Å². The van der Waals surface area contributed by atoms with Crippen LogP contribution < -0.4 is 16.0 Å². The summed E-state index contributed by atoms with van der Waals surface area (Å²) in [5.74, 6) is -0.0298. The molecule has 0 spiro atoms. The third-order valence-electron chi connectivity index (χ3n) is 3.46. The summed E-state index contributed by atoms with van der Waals surface area (Å²) in [5.41, 5.74) is 7.29. The standard InChI is InChI=1S/C13H18F3N3OS/c1-18-11(20)10-9(17)8(7-3-4-7)12(21-10)19(2)6-5-13(14,15)16/h7H,3-6,17H2,1-2H3,(H,18,20). The van der Waals surface area contributed by atoms with Crippen LogP contribution in [-0.2, 0) is 0 Å². The molecule has 0 aromatic carbocycles. The molecule has 118 valence electrons. The zero-order chi connectivity index (χ0) is 15.8. The van der Waals surface area contributed by atoms with Gasteiger partial charge in [0.05, 0.1) is 17.1 Å². The van der Waals surface area contributed by atoms with Crippen molar-refractivity contribution in [2.75, 3.05) is 31.3 Å². The molecule has 0 atom stereocenters. The first kappa shape index (κ1) is 15.9. The van der Waals surface area contributed by atoms with E-state index in [2.05, 4.69) is 5.32 Å². The fraction of sp³-hybridized carbons (Fsp3) is 0.615. The van der Waals surface area contributed by atoms with Gasteiger partial charge in [0.25, 0.3) is 5.91 Å². The molecule has 1 aromatic rings. The number of nitrogens with zero attached hydrogens (tertiary/aromatic N) is 1. The summed E-state index contributed by atoms with van der Waals surface area (Å²) in [6.45, 7) is -0.143. The van der Waals surface area contributed by atoms with Crippen molar-refractivity contribution < 1.29 is 18.0 Å². The molecule has 0 saturated heterocycles. The maximum Gasteiger partial charge on any atom is 0.390 e. The molecule has 0 aliphatic heterocycles. The summed E-state index contributed by atoms with van der Waals surface area (Å²) in [6, 6.07) is 0. The first-order valence-corrected chi connectivity index (χ1v) is 7.48. The Balaban J connectivity index is 2.27. The van der Waals surface area contributed by atoms with E-state index in [9.17, 15) is 18.0 Å². The molecule has 0 radical (unpaired) electrons. The van der Waals surface area contributed by atoms with Crippen LogP contribution in [0.2, 0.25) is 0 Å². The van der Waals surface area contributed by atoms with Crippen LogP contribution in [0.3, 0.4) is 0 Å². The Bertz CT molecular complexity index is 537. The minimum atomic E-state index is -4.19. The second kappa shape index (κ2) is 5.75. The average molecular weight is 321 g/mol. The summed E-state index contributed by atoms with van der Waals surface area (Å²) in [5, 5.41) is 3.19. The molecule has 1 aliphatic carbocycles. The highest BCUT2D eigenvalue weighted by atomic mass is 32.1. The molecule has 4 nitrogen and oxygen atoms in total. The summed E-state index contributed by atoms with van der Waals surface area (Å²) in [4.78, 5) is 13.7. The fourth-order valence-corrected chi connectivity index (χ4v) is 3.41. The van der Waals surface area contributed by atoms with Crippen molar-refractivity contribution >= 4 is 27.9 Å². The number of amides is 1. The van der Waals surface area contributed by atoms with Gasteiger partial charge in [-0.1, -0.05) is 0 Å². The zero-order valence-electron chi connectivity index (χ0n) is 11.9. The number of rotatable bonds is 5. The van der Waals surface area contributed by atoms with Crippen LogP contribution in [0, 0.1) is 0 Å². The Hall–Kier alpha value is -1.44. The number of nitrogens with one attached hydrogen (secondary N) is 1. The minimum absolute atomic E-state index is 0.143. The molecule has 1 aromatic heterocycles. The number of carbonyl (C=O) groups excluding carboxylic acids is 1. The third-order valence-corrected chi connectivity index (χ3v) is 4.79. The van der Waals surface area contributed by atoms with Crippen molar-refractivity contribution in [3.05, 3.63) is 10.4 Å². The molecule has 21 heavy (non-hydrogen) atoms. The maximum absolute atomic E-state index is 12.4. The van der Waals surface area contributed by atoms with Gasteiger partial charge in [-0.25, -0.2) is 0 Å². The zero-order valence-corrected chi connectivity index (χ0v) is 12.7. The Morgan fingerprint density at radius 2 is 2.10 bits per heavy atom. The topological polar surface area (TPSA) is 58.4 Å². The Morgan fingerprint density at radius 3 is 2.57 bits per heavy atom. The molecular formula is C13H18F3N3OS. The van der Waals surface area contributed by atoms with E-state index in [0.29, 0.717) is 15.6 Å². The van der Waals surface area contributed by atoms with E-state index < -0.39 is 12.6 Å². The second-order valence-electron chi connectivity index (χ2n) is 5.20. The van der Waals surface area contributed by atoms with Crippen LogP contribution in [-0.4, -0.2) is 32.7 Å². The number of nitrogens with two attached hydrogens (primary N) is 1. The van der Waals surface area contributed by atoms with Crippen LogP contribution in [0.5, 0.6) is 0 Å². The lowest BCUT2D eigenvalue weighted by atomic mass is 10.1. The van der Waals surface area contributed by atoms with Crippen molar-refractivity contribution in [2.24, 2.45) is 0 Å². The van der Waals surface area contributed by atoms with Gasteiger partial charge in [-0.3, -0.25) is 4.79 Å². The molecule has 3 N–H and O–H groups in total. The number of anilines is 2. The SMILES string of the molecule is CNC(=O)c1sc(N(C)CCC(F)(F)F)c(C2CC2)c1N. The predicted octanol–water partition coefficient (Wildman–Crippen LogP) is 2.96. The molecule has 1 amide bonds. The number of halogens is 3. The lowest BCUT2D eigenvalue weighted by Gasteiger charge is -2.20. The summed E-state index contributed by atoms with van der Waals surface area (Å²) >= 11 is 1.17. The van der Waals surface area contributed by atoms with Gasteiger partial charge >= 0.3 is 6.18 Å². The average Bonchev–Trinajstić information content (AvgIpc) is 3.18. The molecule has 2 rings (SSSR count). The van der Waals surface area contributed by atoms with E-state index in [0.717, 1.165) is 18.4 Å². The Labute approximate surface area is 125 Å². The first-order valence-electron chi connectivity index (χ1n) is 6.66. The molecule has 1 fully saturated rings. The van der Waals surface area contributed by atoms with Gasteiger partial charge in [0.1, 0.15) is 4.88 Å². The molecular weight excluding hydrogens is 303 g/mol. The molecule has 0 bridgehead atoms. The van der Waals surface area contributed by atoms with Crippen molar-refractivity contribution in [3.63, 3.8) is 0 Å². The normalized spacial score (nSPS) is 15.1. The van der Waals surface area contributed by atoms with E-state index in [4.69, 9.17) is 5.73 Å². The number of nitrogen functional groups attached to an aromatic ring is 1. The fourth-order valence-electron chi connectivity index (χ4n) is 2.17. The van der Waals surface area contributed by atoms with Gasteiger partial charge in [-0.05, 0) is 18.8 Å². The van der Waals surface area contributed by atoms with Crippen molar-refractivity contribution in [1.82, 2.24) is 5.32 Å². The van der Waals surface area contributed by atoms with Gasteiger partial charge in [0.2, 0.25) is 0 Å². The first-order chi connectivity index (χ1) is 9.74. The van der Waals surface area contributed by atoms with Crippen LogP contribution in [0.15, 0.2) is 0 Å².